The van der Waals surface area contributed by atoms with Crippen molar-refractivity contribution in [1.29, 1.82) is 0 Å². The summed E-state index contributed by atoms with van der Waals surface area (Å²) in [5, 5.41) is 5.58. The molecule has 0 fully saturated rings. The number of hydrogen-bond donors (Lipinski definition) is 0. The Morgan fingerprint density at radius 2 is 2.05 bits per heavy atom. The Morgan fingerprint density at radius 3 is 2.68 bits per heavy atom. The zero-order chi connectivity index (χ0) is 15.5. The molecular formula is C15H13N3O3S. The first-order valence-corrected chi connectivity index (χ1v) is 7.52. The third kappa shape index (κ3) is 3.20. The van der Waals surface area contributed by atoms with Gasteiger partial charge < -0.3 is 9.47 Å². The smallest absolute Gasteiger partial charge is 0.363 e. The molecule has 0 unspecified atom stereocenters. The Balaban J connectivity index is 1.82. The van der Waals surface area contributed by atoms with E-state index in [1.807, 2.05) is 26.0 Å². The van der Waals surface area contributed by atoms with Crippen molar-refractivity contribution in [3.63, 3.8) is 0 Å². The van der Waals surface area contributed by atoms with Gasteiger partial charge in [0.15, 0.2) is 5.70 Å². The van der Waals surface area contributed by atoms with Crippen LogP contribution in [-0.2, 0) is 9.53 Å². The Kier molecular flexibility index (Phi) is 3.97. The minimum atomic E-state index is -0.495. The number of cyclic esters (lactones) is 1. The van der Waals surface area contributed by atoms with Crippen molar-refractivity contribution < 1.29 is 14.3 Å². The third-order valence-corrected chi connectivity index (χ3v) is 3.28. The lowest BCUT2D eigenvalue weighted by Gasteiger charge is -2.09. The fraction of sp³-hybridized carbons (Fsp3) is 0.200. The van der Waals surface area contributed by atoms with Crippen molar-refractivity contribution in [1.82, 2.24) is 9.59 Å². The number of aliphatic imine (C=N–C) groups is 1. The lowest BCUT2D eigenvalue weighted by atomic mass is 10.2. The first-order valence-electron chi connectivity index (χ1n) is 6.68. The highest BCUT2D eigenvalue weighted by Crippen LogP contribution is 2.21. The molecule has 0 saturated carbocycles. The molecule has 3 rings (SSSR count). The second-order valence-corrected chi connectivity index (χ2v) is 5.47. The molecular weight excluding hydrogens is 302 g/mol. The van der Waals surface area contributed by atoms with Crippen molar-refractivity contribution in [3.8, 4) is 5.75 Å². The van der Waals surface area contributed by atoms with Gasteiger partial charge in [-0.1, -0.05) is 4.49 Å². The number of carbonyl (C=O) groups excluding carboxylic acids is 1. The Hall–Kier alpha value is -2.54. The van der Waals surface area contributed by atoms with E-state index in [0.717, 1.165) is 5.75 Å². The second-order valence-electron chi connectivity index (χ2n) is 4.86. The zero-order valence-corrected chi connectivity index (χ0v) is 12.8. The summed E-state index contributed by atoms with van der Waals surface area (Å²) in [7, 11) is 0. The number of ether oxygens (including phenoxy) is 2. The lowest BCUT2D eigenvalue weighted by molar-refractivity contribution is -0.129. The second kappa shape index (κ2) is 6.07. The van der Waals surface area contributed by atoms with Crippen molar-refractivity contribution in [2.75, 3.05) is 0 Å². The number of esters is 1. The maximum absolute atomic E-state index is 11.8. The Morgan fingerprint density at radius 1 is 1.27 bits per heavy atom. The van der Waals surface area contributed by atoms with Crippen molar-refractivity contribution in [3.05, 3.63) is 46.6 Å². The summed E-state index contributed by atoms with van der Waals surface area (Å²) in [5.74, 6) is 0.536. The van der Waals surface area contributed by atoms with E-state index in [1.54, 1.807) is 23.6 Å². The number of aromatic nitrogens is 2. The van der Waals surface area contributed by atoms with E-state index in [2.05, 4.69) is 14.6 Å². The summed E-state index contributed by atoms with van der Waals surface area (Å²) in [5.41, 5.74) is 1.51. The average molecular weight is 315 g/mol. The van der Waals surface area contributed by atoms with Crippen LogP contribution in [0.2, 0.25) is 0 Å². The normalized spacial score (nSPS) is 16.0. The van der Waals surface area contributed by atoms with Crippen molar-refractivity contribution in [2.45, 2.75) is 20.0 Å². The maximum Gasteiger partial charge on any atom is 0.363 e. The summed E-state index contributed by atoms with van der Waals surface area (Å²) in [4.78, 5) is 16.0. The van der Waals surface area contributed by atoms with Gasteiger partial charge in [-0.3, -0.25) is 0 Å². The Bertz CT molecular complexity index is 734. The van der Waals surface area contributed by atoms with Crippen molar-refractivity contribution >= 4 is 29.5 Å². The van der Waals surface area contributed by atoms with Crippen LogP contribution in [0.3, 0.4) is 0 Å². The molecule has 0 amide bonds. The number of benzene rings is 1. The van der Waals surface area contributed by atoms with Gasteiger partial charge >= 0.3 is 5.97 Å². The summed E-state index contributed by atoms with van der Waals surface area (Å²) < 4.78 is 14.5. The van der Waals surface area contributed by atoms with E-state index < -0.39 is 5.97 Å². The van der Waals surface area contributed by atoms with E-state index in [0.29, 0.717) is 11.3 Å². The summed E-state index contributed by atoms with van der Waals surface area (Å²) in [6.07, 6.45) is 1.66. The number of carbonyl (C=O) groups is 1. The molecule has 0 atom stereocenters. The molecule has 112 valence electrons. The standard InChI is InChI=1S/C15H13N3O3S/c1-9(2)20-12-5-3-10(4-6-12)14-16-13(15(19)21-14)7-11-8-22-18-17-11/h3-9H,1-2H3. The van der Waals surface area contributed by atoms with Gasteiger partial charge in [-0.25, -0.2) is 9.79 Å². The molecule has 0 saturated heterocycles. The van der Waals surface area contributed by atoms with Gasteiger partial charge in [0.1, 0.15) is 11.4 Å². The monoisotopic (exact) mass is 315 g/mol. The van der Waals surface area contributed by atoms with Crippen LogP contribution in [0.1, 0.15) is 25.1 Å². The highest BCUT2D eigenvalue weighted by molar-refractivity contribution is 7.03. The topological polar surface area (TPSA) is 73.7 Å². The lowest BCUT2D eigenvalue weighted by Crippen LogP contribution is -2.07. The van der Waals surface area contributed by atoms with Crippen LogP contribution in [0.4, 0.5) is 0 Å². The molecule has 0 bridgehead atoms. The third-order valence-electron chi connectivity index (χ3n) is 2.76. The molecule has 0 aliphatic carbocycles. The van der Waals surface area contributed by atoms with Gasteiger partial charge in [0.05, 0.1) is 6.10 Å². The van der Waals surface area contributed by atoms with Crippen LogP contribution < -0.4 is 4.74 Å². The number of nitrogens with zero attached hydrogens (tertiary/aromatic N) is 3. The van der Waals surface area contributed by atoms with Crippen LogP contribution in [0.5, 0.6) is 5.75 Å². The summed E-state index contributed by atoms with van der Waals surface area (Å²) in [6, 6.07) is 7.24. The molecule has 22 heavy (non-hydrogen) atoms. The summed E-state index contributed by atoms with van der Waals surface area (Å²) >= 11 is 1.21. The predicted octanol–water partition coefficient (Wildman–Crippen LogP) is 2.67. The molecule has 6 nitrogen and oxygen atoms in total. The van der Waals surface area contributed by atoms with E-state index in [1.165, 1.54) is 11.5 Å². The first kappa shape index (κ1) is 14.4. The van der Waals surface area contributed by atoms with E-state index >= 15 is 0 Å². The van der Waals surface area contributed by atoms with Gasteiger partial charge in [0.25, 0.3) is 0 Å². The molecule has 0 radical (unpaired) electrons. The fourth-order valence-corrected chi connectivity index (χ4v) is 2.27. The molecule has 1 aliphatic heterocycles. The number of rotatable bonds is 4. The number of hydrogen-bond acceptors (Lipinski definition) is 7. The molecule has 2 heterocycles. The van der Waals surface area contributed by atoms with Gasteiger partial charge in [-0.2, -0.15) is 0 Å². The molecule has 2 aromatic rings. The highest BCUT2D eigenvalue weighted by atomic mass is 32.1. The highest BCUT2D eigenvalue weighted by Gasteiger charge is 2.24. The van der Waals surface area contributed by atoms with Crippen molar-refractivity contribution in [2.24, 2.45) is 4.99 Å². The van der Waals surface area contributed by atoms with E-state index in [4.69, 9.17) is 9.47 Å². The zero-order valence-electron chi connectivity index (χ0n) is 12.0. The molecule has 1 aliphatic rings. The van der Waals surface area contributed by atoms with E-state index in [9.17, 15) is 4.79 Å². The van der Waals surface area contributed by atoms with Gasteiger partial charge in [0, 0.05) is 10.9 Å². The Labute approximate surface area is 131 Å². The fourth-order valence-electron chi connectivity index (χ4n) is 1.86. The molecule has 1 aromatic carbocycles. The molecule has 0 N–H and O–H groups in total. The van der Waals surface area contributed by atoms with Gasteiger partial charge in [0.2, 0.25) is 5.90 Å². The van der Waals surface area contributed by atoms with Crippen LogP contribution >= 0.6 is 11.5 Å². The minimum Gasteiger partial charge on any atom is -0.491 e. The van der Waals surface area contributed by atoms with Gasteiger partial charge in [-0.05, 0) is 55.7 Å². The molecule has 7 heteroatoms. The minimum absolute atomic E-state index is 0.105. The maximum atomic E-state index is 11.8. The molecule has 0 spiro atoms. The quantitative estimate of drug-likeness (QED) is 0.640. The first-order chi connectivity index (χ1) is 10.6. The summed E-state index contributed by atoms with van der Waals surface area (Å²) in [6.45, 7) is 3.92. The largest absolute Gasteiger partial charge is 0.491 e. The van der Waals surface area contributed by atoms with Gasteiger partial charge in [-0.15, -0.1) is 5.10 Å². The van der Waals surface area contributed by atoms with Crippen LogP contribution in [0.25, 0.3) is 6.08 Å². The SMILES string of the molecule is CC(C)Oc1ccc(C2=NC(=Cc3csnn3)C(=O)O2)cc1. The van der Waals surface area contributed by atoms with E-state index in [-0.39, 0.29) is 17.7 Å². The average Bonchev–Trinajstić information content (AvgIpc) is 3.10. The predicted molar refractivity (Wildman–Crippen MR) is 82.7 cm³/mol. The van der Waals surface area contributed by atoms with Crippen LogP contribution in [0.15, 0.2) is 40.3 Å². The van der Waals surface area contributed by atoms with Crippen LogP contribution in [0, 0.1) is 0 Å². The van der Waals surface area contributed by atoms with Crippen LogP contribution in [-0.4, -0.2) is 27.6 Å². The molecule has 1 aromatic heterocycles.